The first-order chi connectivity index (χ1) is 14.4. The van der Waals surface area contributed by atoms with Crippen LogP contribution in [0.2, 0.25) is 0 Å². The van der Waals surface area contributed by atoms with Crippen molar-refractivity contribution in [2.24, 2.45) is 0 Å². The van der Waals surface area contributed by atoms with Crippen LogP contribution >= 0.6 is 11.3 Å². The van der Waals surface area contributed by atoms with Gasteiger partial charge in [0.05, 0.1) is 17.2 Å². The molecule has 5 nitrogen and oxygen atoms in total. The molecule has 0 radical (unpaired) electrons. The van der Waals surface area contributed by atoms with Gasteiger partial charge in [0.15, 0.2) is 0 Å². The van der Waals surface area contributed by atoms with E-state index >= 15 is 0 Å². The summed E-state index contributed by atoms with van der Waals surface area (Å²) < 4.78 is 6.05. The lowest BCUT2D eigenvalue weighted by atomic mass is 9.98. The zero-order valence-electron chi connectivity index (χ0n) is 16.5. The molecule has 0 aliphatic carbocycles. The maximum Gasteiger partial charge on any atom is 0.331 e. The Labute approximate surface area is 177 Å². The van der Waals surface area contributed by atoms with E-state index in [0.717, 1.165) is 33.6 Å². The van der Waals surface area contributed by atoms with Crippen molar-refractivity contribution < 1.29 is 24.5 Å². The SMILES string of the molecule is C/C(=C\C=C(/C)c1c(C(=O)c2ccccc2)sc2cc(O)ccc12)O/C=C/C(=O)O. The number of thiophene rings is 1. The Bertz CT molecular complexity index is 1180. The quantitative estimate of drug-likeness (QED) is 0.220. The maximum atomic E-state index is 13.2. The Balaban J connectivity index is 2.05. The van der Waals surface area contributed by atoms with Crippen molar-refractivity contribution in [2.45, 2.75) is 13.8 Å². The highest BCUT2D eigenvalue weighted by atomic mass is 32.1. The molecule has 1 heterocycles. The smallest absolute Gasteiger partial charge is 0.331 e. The van der Waals surface area contributed by atoms with Crippen LogP contribution in [0, 0.1) is 0 Å². The van der Waals surface area contributed by atoms with E-state index in [2.05, 4.69) is 0 Å². The van der Waals surface area contributed by atoms with E-state index in [-0.39, 0.29) is 11.5 Å². The maximum absolute atomic E-state index is 13.2. The minimum Gasteiger partial charge on any atom is -0.508 e. The lowest BCUT2D eigenvalue weighted by molar-refractivity contribution is -0.131. The Morgan fingerprint density at radius 3 is 2.47 bits per heavy atom. The molecule has 2 aromatic carbocycles. The molecule has 152 valence electrons. The van der Waals surface area contributed by atoms with Crippen LogP contribution in [0.15, 0.2) is 78.8 Å². The van der Waals surface area contributed by atoms with E-state index in [1.807, 2.05) is 31.2 Å². The number of aromatic hydroxyl groups is 1. The fourth-order valence-corrected chi connectivity index (χ4v) is 4.19. The van der Waals surface area contributed by atoms with Gasteiger partial charge in [-0.2, -0.15) is 0 Å². The van der Waals surface area contributed by atoms with Crippen LogP contribution < -0.4 is 0 Å². The molecule has 3 rings (SSSR count). The van der Waals surface area contributed by atoms with E-state index < -0.39 is 5.97 Å². The van der Waals surface area contributed by atoms with E-state index in [0.29, 0.717) is 16.2 Å². The van der Waals surface area contributed by atoms with Crippen LogP contribution in [-0.2, 0) is 9.53 Å². The van der Waals surface area contributed by atoms with Crippen LogP contribution in [0.1, 0.15) is 34.6 Å². The number of phenolic OH excluding ortho intramolecular Hbond substituents is 1. The number of carbonyl (C=O) groups is 2. The zero-order chi connectivity index (χ0) is 21.7. The van der Waals surface area contributed by atoms with Gasteiger partial charge in [0.2, 0.25) is 5.78 Å². The third kappa shape index (κ3) is 4.85. The molecule has 1 aromatic heterocycles. The van der Waals surface area contributed by atoms with Gasteiger partial charge >= 0.3 is 5.97 Å². The second-order valence-corrected chi connectivity index (χ2v) is 7.62. The second kappa shape index (κ2) is 9.24. The predicted octanol–water partition coefficient (Wildman–Crippen LogP) is 5.76. The molecule has 0 bridgehead atoms. The van der Waals surface area contributed by atoms with Crippen LogP contribution in [-0.4, -0.2) is 22.0 Å². The standard InChI is InChI=1S/C24H20O5S/c1-15(8-9-16(2)29-13-12-21(26)27)22-19-11-10-18(25)14-20(19)30-24(22)23(28)17-6-4-3-5-7-17/h3-14,25H,1-2H3,(H,26,27)/b13-12+,15-8+,16-9+. The number of carbonyl (C=O) groups excluding carboxylic acids is 1. The van der Waals surface area contributed by atoms with Crippen LogP contribution in [0.25, 0.3) is 15.7 Å². The fourth-order valence-electron chi connectivity index (χ4n) is 2.92. The first-order valence-corrected chi connectivity index (χ1v) is 9.95. The summed E-state index contributed by atoms with van der Waals surface area (Å²) in [4.78, 5) is 24.3. The van der Waals surface area contributed by atoms with Gasteiger partial charge in [0.1, 0.15) is 11.5 Å². The summed E-state index contributed by atoms with van der Waals surface area (Å²) in [6.45, 7) is 3.60. The summed E-state index contributed by atoms with van der Waals surface area (Å²) in [6, 6.07) is 14.1. The summed E-state index contributed by atoms with van der Waals surface area (Å²) in [5, 5.41) is 19.4. The minimum atomic E-state index is -1.09. The number of carboxylic acids is 1. The molecule has 2 N–H and O–H groups in total. The van der Waals surface area contributed by atoms with E-state index in [4.69, 9.17) is 9.84 Å². The third-order valence-electron chi connectivity index (χ3n) is 4.34. The Morgan fingerprint density at radius 1 is 1.03 bits per heavy atom. The number of aliphatic carboxylic acids is 1. The van der Waals surface area contributed by atoms with Crippen molar-refractivity contribution in [3.63, 3.8) is 0 Å². The Hall–Kier alpha value is -3.64. The van der Waals surface area contributed by atoms with E-state index in [1.165, 1.54) is 11.3 Å². The summed E-state index contributed by atoms with van der Waals surface area (Å²) in [6.07, 6.45) is 5.54. The molecule has 0 saturated carbocycles. The number of benzene rings is 2. The molecular weight excluding hydrogens is 400 g/mol. The molecule has 0 spiro atoms. The number of phenols is 1. The van der Waals surface area contributed by atoms with Crippen molar-refractivity contribution in [3.8, 4) is 5.75 Å². The lowest BCUT2D eigenvalue weighted by Gasteiger charge is -2.05. The van der Waals surface area contributed by atoms with Crippen LogP contribution in [0.4, 0.5) is 0 Å². The minimum absolute atomic E-state index is 0.0830. The summed E-state index contributed by atoms with van der Waals surface area (Å²) in [5.74, 6) is -0.531. The highest BCUT2D eigenvalue weighted by Crippen LogP contribution is 2.38. The van der Waals surface area contributed by atoms with Gasteiger partial charge in [-0.1, -0.05) is 36.4 Å². The van der Waals surface area contributed by atoms with Crippen LogP contribution in [0.5, 0.6) is 5.75 Å². The number of allylic oxidation sites excluding steroid dienone is 4. The molecule has 0 amide bonds. The third-order valence-corrected chi connectivity index (χ3v) is 5.49. The molecule has 0 unspecified atom stereocenters. The number of rotatable bonds is 7. The average Bonchev–Trinajstić information content (AvgIpc) is 3.10. The van der Waals surface area contributed by atoms with Gasteiger partial charge in [0, 0.05) is 21.2 Å². The fraction of sp³-hybridized carbons (Fsp3) is 0.0833. The first-order valence-electron chi connectivity index (χ1n) is 9.13. The second-order valence-electron chi connectivity index (χ2n) is 6.57. The average molecular weight is 420 g/mol. The molecule has 6 heteroatoms. The molecule has 30 heavy (non-hydrogen) atoms. The van der Waals surface area contributed by atoms with Gasteiger partial charge in [-0.05, 0) is 43.7 Å². The summed E-state index contributed by atoms with van der Waals surface area (Å²) in [5.41, 5.74) is 2.24. The normalized spacial score (nSPS) is 12.5. The summed E-state index contributed by atoms with van der Waals surface area (Å²) >= 11 is 1.34. The first kappa shape index (κ1) is 21.1. The highest BCUT2D eigenvalue weighted by Gasteiger charge is 2.20. The highest BCUT2D eigenvalue weighted by molar-refractivity contribution is 7.21. The van der Waals surface area contributed by atoms with E-state index in [1.54, 1.807) is 43.3 Å². The monoisotopic (exact) mass is 420 g/mol. The van der Waals surface area contributed by atoms with Crippen molar-refractivity contribution in [1.82, 2.24) is 0 Å². The molecular formula is C24H20O5S. The van der Waals surface area contributed by atoms with Gasteiger partial charge < -0.3 is 14.9 Å². The summed E-state index contributed by atoms with van der Waals surface area (Å²) in [7, 11) is 0. The Morgan fingerprint density at radius 2 is 1.77 bits per heavy atom. The van der Waals surface area contributed by atoms with Gasteiger partial charge in [-0.15, -0.1) is 11.3 Å². The van der Waals surface area contributed by atoms with Crippen molar-refractivity contribution in [2.75, 3.05) is 0 Å². The van der Waals surface area contributed by atoms with Gasteiger partial charge in [0.25, 0.3) is 0 Å². The number of hydrogen-bond acceptors (Lipinski definition) is 5. The number of hydrogen-bond donors (Lipinski definition) is 2. The largest absolute Gasteiger partial charge is 0.508 e. The van der Waals surface area contributed by atoms with Crippen molar-refractivity contribution in [3.05, 3.63) is 94.8 Å². The predicted molar refractivity (Wildman–Crippen MR) is 119 cm³/mol. The van der Waals surface area contributed by atoms with Crippen LogP contribution in [0.3, 0.4) is 0 Å². The number of ketones is 1. The topological polar surface area (TPSA) is 83.8 Å². The molecule has 0 aliphatic rings. The van der Waals surface area contributed by atoms with E-state index in [9.17, 15) is 14.7 Å². The number of ether oxygens (including phenoxy) is 1. The van der Waals surface area contributed by atoms with Gasteiger partial charge in [-0.25, -0.2) is 4.79 Å². The zero-order valence-corrected chi connectivity index (χ0v) is 17.3. The molecule has 3 aromatic rings. The van der Waals surface area contributed by atoms with Crippen molar-refractivity contribution in [1.29, 1.82) is 0 Å². The molecule has 0 saturated heterocycles. The Kier molecular flexibility index (Phi) is 6.49. The number of fused-ring (bicyclic) bond motifs is 1. The van der Waals surface area contributed by atoms with Crippen molar-refractivity contribution >= 4 is 38.7 Å². The molecule has 0 atom stereocenters. The molecule has 0 aliphatic heterocycles. The molecule has 0 fully saturated rings. The lowest BCUT2D eigenvalue weighted by Crippen LogP contribution is -2.01. The van der Waals surface area contributed by atoms with Gasteiger partial charge in [-0.3, -0.25) is 4.79 Å². The number of carboxylic acid groups (broad SMARTS) is 1.